The highest BCUT2D eigenvalue weighted by Gasteiger charge is 2.17. The lowest BCUT2D eigenvalue weighted by Gasteiger charge is -2.09. The molecule has 3 heterocycles. The topological polar surface area (TPSA) is 8.29 Å². The second kappa shape index (κ2) is 4.45. The summed E-state index contributed by atoms with van der Waals surface area (Å²) in [6.07, 6.45) is 2.13. The van der Waals surface area contributed by atoms with Crippen molar-refractivity contribution in [3.8, 4) is 11.4 Å². The molecule has 4 aromatic rings. The van der Waals surface area contributed by atoms with Crippen molar-refractivity contribution in [1.29, 1.82) is 0 Å². The Morgan fingerprint density at radius 3 is 2.62 bits per heavy atom. The molecular formula is C19H17N2+. The number of benzene rings is 1. The van der Waals surface area contributed by atoms with Gasteiger partial charge in [0.25, 0.3) is 0 Å². The number of pyridine rings is 2. The Balaban J connectivity index is 2.19. The summed E-state index contributed by atoms with van der Waals surface area (Å²) >= 11 is 0. The number of nitrogens with zero attached hydrogens (tertiary/aromatic N) is 2. The summed E-state index contributed by atoms with van der Waals surface area (Å²) in [5.74, 6) is 0. The van der Waals surface area contributed by atoms with Crippen LogP contribution in [0.5, 0.6) is 0 Å². The average Bonchev–Trinajstić information content (AvgIpc) is 2.89. The molecule has 4 rings (SSSR count). The summed E-state index contributed by atoms with van der Waals surface area (Å²) in [7, 11) is 2.11. The Labute approximate surface area is 123 Å². The first-order valence-corrected chi connectivity index (χ1v) is 7.20. The zero-order valence-electron chi connectivity index (χ0n) is 12.2. The van der Waals surface area contributed by atoms with Gasteiger partial charge in [0.05, 0.1) is 5.39 Å². The Morgan fingerprint density at radius 1 is 0.857 bits per heavy atom. The van der Waals surface area contributed by atoms with E-state index in [4.69, 9.17) is 0 Å². The first-order valence-electron chi connectivity index (χ1n) is 7.20. The van der Waals surface area contributed by atoms with E-state index in [1.165, 1.54) is 33.4 Å². The minimum Gasteiger partial charge on any atom is -0.309 e. The van der Waals surface area contributed by atoms with Crippen LogP contribution >= 0.6 is 0 Å². The molecule has 0 fully saturated rings. The van der Waals surface area contributed by atoms with Crippen molar-refractivity contribution in [2.75, 3.05) is 0 Å². The smallest absolute Gasteiger partial charge is 0.237 e. The lowest BCUT2D eigenvalue weighted by molar-refractivity contribution is -0.659. The van der Waals surface area contributed by atoms with Gasteiger partial charge in [-0.15, -0.1) is 0 Å². The molecule has 0 saturated carbocycles. The molecule has 0 atom stereocenters. The van der Waals surface area contributed by atoms with Gasteiger partial charge in [-0.1, -0.05) is 24.3 Å². The second-order valence-corrected chi connectivity index (χ2v) is 5.51. The minimum atomic E-state index is 1.23. The lowest BCUT2D eigenvalue weighted by atomic mass is 10.1. The molecule has 0 spiro atoms. The minimum absolute atomic E-state index is 1.23. The van der Waals surface area contributed by atoms with Gasteiger partial charge in [-0.05, 0) is 42.6 Å². The first-order chi connectivity index (χ1) is 10.3. The van der Waals surface area contributed by atoms with Crippen LogP contribution in [0.4, 0.5) is 0 Å². The van der Waals surface area contributed by atoms with E-state index in [1.807, 2.05) is 0 Å². The SMILES string of the molecule is Cc1ccc2cccc(-c3c4ccccc4cc[n+]3C)n12. The van der Waals surface area contributed by atoms with Crippen LogP contribution in [0.2, 0.25) is 0 Å². The van der Waals surface area contributed by atoms with E-state index < -0.39 is 0 Å². The van der Waals surface area contributed by atoms with Crippen molar-refractivity contribution < 1.29 is 4.57 Å². The first kappa shape index (κ1) is 12.2. The number of hydrogen-bond donors (Lipinski definition) is 0. The molecule has 21 heavy (non-hydrogen) atoms. The van der Waals surface area contributed by atoms with Crippen molar-refractivity contribution >= 4 is 16.3 Å². The van der Waals surface area contributed by atoms with Crippen molar-refractivity contribution in [1.82, 2.24) is 4.40 Å². The molecule has 2 heteroatoms. The van der Waals surface area contributed by atoms with Crippen LogP contribution in [0.25, 0.3) is 27.7 Å². The van der Waals surface area contributed by atoms with Gasteiger partial charge in [0, 0.05) is 17.3 Å². The lowest BCUT2D eigenvalue weighted by Crippen LogP contribution is -2.31. The second-order valence-electron chi connectivity index (χ2n) is 5.51. The molecular weight excluding hydrogens is 256 g/mol. The van der Waals surface area contributed by atoms with E-state index >= 15 is 0 Å². The van der Waals surface area contributed by atoms with Crippen LogP contribution in [-0.4, -0.2) is 4.40 Å². The predicted octanol–water partition coefficient (Wildman–Crippen LogP) is 3.89. The van der Waals surface area contributed by atoms with Crippen LogP contribution in [0, 0.1) is 6.92 Å². The third-order valence-electron chi connectivity index (χ3n) is 4.16. The van der Waals surface area contributed by atoms with E-state index in [1.54, 1.807) is 0 Å². The number of fused-ring (bicyclic) bond motifs is 2. The summed E-state index contributed by atoms with van der Waals surface area (Å²) in [6, 6.07) is 21.6. The standard InChI is InChI=1S/C19H17N2/c1-14-10-11-16-7-5-9-18(21(14)16)19-17-8-4-3-6-15(17)12-13-20(19)2/h3-13H,1-2H3/q+1. The molecule has 0 aliphatic rings. The molecule has 0 radical (unpaired) electrons. The van der Waals surface area contributed by atoms with Crippen molar-refractivity contribution in [3.05, 3.63) is 72.6 Å². The van der Waals surface area contributed by atoms with Crippen LogP contribution in [0.1, 0.15) is 5.69 Å². The van der Waals surface area contributed by atoms with Crippen LogP contribution in [0.3, 0.4) is 0 Å². The van der Waals surface area contributed by atoms with Gasteiger partial charge in [-0.2, -0.15) is 4.57 Å². The maximum atomic E-state index is 2.32. The Morgan fingerprint density at radius 2 is 1.71 bits per heavy atom. The van der Waals surface area contributed by atoms with Gasteiger partial charge in [0.1, 0.15) is 12.7 Å². The van der Waals surface area contributed by atoms with Crippen LogP contribution in [0.15, 0.2) is 66.9 Å². The maximum Gasteiger partial charge on any atom is 0.237 e. The van der Waals surface area contributed by atoms with E-state index in [9.17, 15) is 0 Å². The Hall–Kier alpha value is -2.61. The molecule has 0 amide bonds. The van der Waals surface area contributed by atoms with Gasteiger partial charge < -0.3 is 4.40 Å². The number of aromatic nitrogens is 2. The van der Waals surface area contributed by atoms with Gasteiger partial charge in [-0.3, -0.25) is 0 Å². The monoisotopic (exact) mass is 273 g/mol. The molecule has 0 saturated heterocycles. The van der Waals surface area contributed by atoms with Crippen LogP contribution < -0.4 is 4.57 Å². The molecule has 0 bridgehead atoms. The molecule has 0 N–H and O–H groups in total. The van der Waals surface area contributed by atoms with Gasteiger partial charge in [0.2, 0.25) is 5.69 Å². The summed E-state index contributed by atoms with van der Waals surface area (Å²) in [4.78, 5) is 0. The Bertz CT molecular complexity index is 964. The molecule has 0 aliphatic heterocycles. The summed E-state index contributed by atoms with van der Waals surface area (Å²) < 4.78 is 4.53. The average molecular weight is 273 g/mol. The van der Waals surface area contributed by atoms with Gasteiger partial charge >= 0.3 is 0 Å². The molecule has 0 aliphatic carbocycles. The normalized spacial score (nSPS) is 11.3. The summed E-state index contributed by atoms with van der Waals surface area (Å²) in [5.41, 5.74) is 4.97. The fraction of sp³-hybridized carbons (Fsp3) is 0.105. The fourth-order valence-corrected chi connectivity index (χ4v) is 3.15. The van der Waals surface area contributed by atoms with Crippen molar-refractivity contribution in [3.63, 3.8) is 0 Å². The molecule has 2 nitrogen and oxygen atoms in total. The third kappa shape index (κ3) is 1.76. The molecule has 0 unspecified atom stereocenters. The van der Waals surface area contributed by atoms with E-state index in [2.05, 4.69) is 89.8 Å². The quantitative estimate of drug-likeness (QED) is 0.465. The Kier molecular flexibility index (Phi) is 2.58. The zero-order valence-corrected chi connectivity index (χ0v) is 12.2. The molecule has 1 aromatic carbocycles. The largest absolute Gasteiger partial charge is 0.309 e. The van der Waals surface area contributed by atoms with E-state index in [-0.39, 0.29) is 0 Å². The third-order valence-corrected chi connectivity index (χ3v) is 4.16. The number of aryl methyl sites for hydroxylation is 2. The van der Waals surface area contributed by atoms with E-state index in [0.29, 0.717) is 0 Å². The fourth-order valence-electron chi connectivity index (χ4n) is 3.15. The highest BCUT2D eigenvalue weighted by Crippen LogP contribution is 2.27. The van der Waals surface area contributed by atoms with Gasteiger partial charge in [0.15, 0.2) is 6.20 Å². The summed E-state index contributed by atoms with van der Waals surface area (Å²) in [6.45, 7) is 2.15. The molecule has 3 aromatic heterocycles. The van der Waals surface area contributed by atoms with E-state index in [0.717, 1.165) is 0 Å². The highest BCUT2D eigenvalue weighted by atomic mass is 15.0. The molecule has 102 valence electrons. The predicted molar refractivity (Wildman–Crippen MR) is 86.3 cm³/mol. The van der Waals surface area contributed by atoms with Crippen LogP contribution in [-0.2, 0) is 7.05 Å². The zero-order chi connectivity index (χ0) is 14.4. The highest BCUT2D eigenvalue weighted by molar-refractivity contribution is 5.92. The van der Waals surface area contributed by atoms with Crippen molar-refractivity contribution in [2.24, 2.45) is 7.05 Å². The van der Waals surface area contributed by atoms with Gasteiger partial charge in [-0.25, -0.2) is 0 Å². The van der Waals surface area contributed by atoms with Crippen molar-refractivity contribution in [2.45, 2.75) is 6.92 Å². The maximum absolute atomic E-state index is 2.32. The number of rotatable bonds is 1. The number of hydrogen-bond acceptors (Lipinski definition) is 0. The summed E-state index contributed by atoms with van der Waals surface area (Å²) in [5, 5.41) is 2.55.